The summed E-state index contributed by atoms with van der Waals surface area (Å²) in [7, 11) is 0. The zero-order valence-electron chi connectivity index (χ0n) is 12.2. The maximum absolute atomic E-state index is 6.08. The molecule has 0 unspecified atom stereocenters. The van der Waals surface area contributed by atoms with Gasteiger partial charge in [0.25, 0.3) is 0 Å². The molecule has 4 N–H and O–H groups in total. The number of nitrogen functional groups attached to an aromatic ring is 2. The molecule has 5 nitrogen and oxygen atoms in total. The topological polar surface area (TPSA) is 91.0 Å². The predicted molar refractivity (Wildman–Crippen MR) is 91.5 cm³/mol. The Bertz CT molecular complexity index is 993. The minimum atomic E-state index is 0.387. The third-order valence-electron chi connectivity index (χ3n) is 3.73. The second-order valence-electron chi connectivity index (χ2n) is 5.24. The van der Waals surface area contributed by atoms with E-state index in [0.717, 1.165) is 16.7 Å². The van der Waals surface area contributed by atoms with Gasteiger partial charge in [0.2, 0.25) is 5.71 Å². The van der Waals surface area contributed by atoms with E-state index in [1.165, 1.54) is 6.33 Å². The molecule has 0 saturated heterocycles. The summed E-state index contributed by atoms with van der Waals surface area (Å²) < 4.78 is 5.99. The Morgan fingerprint density at radius 3 is 2.39 bits per heavy atom. The maximum Gasteiger partial charge on any atom is 0.232 e. The van der Waals surface area contributed by atoms with Gasteiger partial charge in [-0.3, -0.25) is 0 Å². The van der Waals surface area contributed by atoms with Crippen LogP contribution in [-0.2, 0) is 0 Å². The molecule has 0 atom stereocenters. The average Bonchev–Trinajstić information content (AvgIpc) is 2.97. The standard InChI is InChI=1S/C18H14N4O/c19-13-8-4-7-12(9-13)14-15-17(20)21-10-22-18(15)23-16(14)11-5-2-1-3-6-11/h1-10H,19H2,(H2,20,21,22). The number of nitrogens with zero attached hydrogens (tertiary/aromatic N) is 2. The molecule has 112 valence electrons. The van der Waals surface area contributed by atoms with E-state index in [2.05, 4.69) is 9.97 Å². The summed E-state index contributed by atoms with van der Waals surface area (Å²) >= 11 is 0. The lowest BCUT2D eigenvalue weighted by molar-refractivity contribution is 0.618. The van der Waals surface area contributed by atoms with Gasteiger partial charge in [0.1, 0.15) is 17.9 Å². The molecular formula is C18H14N4O. The van der Waals surface area contributed by atoms with Crippen LogP contribution in [0, 0.1) is 0 Å². The van der Waals surface area contributed by atoms with Crippen molar-refractivity contribution in [1.29, 1.82) is 0 Å². The average molecular weight is 302 g/mol. The highest BCUT2D eigenvalue weighted by atomic mass is 16.3. The molecule has 0 aliphatic heterocycles. The molecule has 0 aliphatic carbocycles. The highest BCUT2D eigenvalue weighted by Gasteiger charge is 2.20. The lowest BCUT2D eigenvalue weighted by Gasteiger charge is -2.05. The van der Waals surface area contributed by atoms with Crippen molar-refractivity contribution >= 4 is 22.6 Å². The quantitative estimate of drug-likeness (QED) is 0.551. The monoisotopic (exact) mass is 302 g/mol. The Balaban J connectivity index is 2.11. The summed E-state index contributed by atoms with van der Waals surface area (Å²) in [5, 5.41) is 0.706. The van der Waals surface area contributed by atoms with Gasteiger partial charge in [-0.1, -0.05) is 42.5 Å². The number of furan rings is 1. The van der Waals surface area contributed by atoms with Gasteiger partial charge in [-0.15, -0.1) is 0 Å². The van der Waals surface area contributed by atoms with Crippen molar-refractivity contribution in [2.24, 2.45) is 0 Å². The van der Waals surface area contributed by atoms with Gasteiger partial charge < -0.3 is 15.9 Å². The minimum absolute atomic E-state index is 0.387. The Morgan fingerprint density at radius 1 is 0.826 bits per heavy atom. The number of anilines is 2. The van der Waals surface area contributed by atoms with Crippen LogP contribution in [0.3, 0.4) is 0 Å². The van der Waals surface area contributed by atoms with Crippen LogP contribution < -0.4 is 11.5 Å². The largest absolute Gasteiger partial charge is 0.437 e. The summed E-state index contributed by atoms with van der Waals surface area (Å²) in [4.78, 5) is 8.31. The Morgan fingerprint density at radius 2 is 1.61 bits per heavy atom. The molecule has 2 heterocycles. The number of rotatable bonds is 2. The van der Waals surface area contributed by atoms with Crippen molar-refractivity contribution < 1.29 is 4.42 Å². The van der Waals surface area contributed by atoms with Crippen molar-refractivity contribution in [1.82, 2.24) is 9.97 Å². The lowest BCUT2D eigenvalue weighted by atomic mass is 9.99. The van der Waals surface area contributed by atoms with Gasteiger partial charge >= 0.3 is 0 Å². The van der Waals surface area contributed by atoms with E-state index in [1.807, 2.05) is 54.6 Å². The first-order valence-electron chi connectivity index (χ1n) is 7.18. The van der Waals surface area contributed by atoms with Crippen molar-refractivity contribution in [3.63, 3.8) is 0 Å². The third kappa shape index (κ3) is 2.19. The molecule has 23 heavy (non-hydrogen) atoms. The molecule has 0 bridgehead atoms. The van der Waals surface area contributed by atoms with Crippen LogP contribution >= 0.6 is 0 Å². The number of hydrogen-bond donors (Lipinski definition) is 2. The normalized spacial score (nSPS) is 11.0. The Hall–Kier alpha value is -3.34. The summed E-state index contributed by atoms with van der Waals surface area (Å²) in [6.07, 6.45) is 1.40. The lowest BCUT2D eigenvalue weighted by Crippen LogP contribution is -1.93. The predicted octanol–water partition coefficient (Wildman–Crippen LogP) is 3.72. The van der Waals surface area contributed by atoms with E-state index in [1.54, 1.807) is 0 Å². The summed E-state index contributed by atoms with van der Waals surface area (Å²) in [5.74, 6) is 1.09. The molecule has 0 amide bonds. The summed E-state index contributed by atoms with van der Waals surface area (Å²) in [6.45, 7) is 0. The second-order valence-corrected chi connectivity index (χ2v) is 5.24. The highest BCUT2D eigenvalue weighted by molar-refractivity contribution is 6.05. The van der Waals surface area contributed by atoms with Gasteiger partial charge in [-0.05, 0) is 17.7 Å². The maximum atomic E-state index is 6.08. The van der Waals surface area contributed by atoms with Crippen molar-refractivity contribution in [3.05, 3.63) is 60.9 Å². The number of benzene rings is 2. The van der Waals surface area contributed by atoms with Crippen LogP contribution in [0.2, 0.25) is 0 Å². The summed E-state index contributed by atoms with van der Waals surface area (Å²) in [6, 6.07) is 17.4. The smallest absolute Gasteiger partial charge is 0.232 e. The van der Waals surface area contributed by atoms with Crippen LogP contribution in [0.1, 0.15) is 0 Å². The van der Waals surface area contributed by atoms with Crippen LogP contribution in [0.4, 0.5) is 11.5 Å². The van der Waals surface area contributed by atoms with E-state index in [-0.39, 0.29) is 0 Å². The number of nitrogens with two attached hydrogens (primary N) is 2. The Labute approximate surface area is 132 Å². The van der Waals surface area contributed by atoms with Crippen LogP contribution in [-0.4, -0.2) is 9.97 Å². The zero-order chi connectivity index (χ0) is 15.8. The zero-order valence-corrected chi connectivity index (χ0v) is 12.2. The van der Waals surface area contributed by atoms with Gasteiger partial charge in [0.15, 0.2) is 0 Å². The van der Waals surface area contributed by atoms with Gasteiger partial charge in [0.05, 0.1) is 5.39 Å². The molecule has 2 aromatic carbocycles. The van der Waals surface area contributed by atoms with E-state index >= 15 is 0 Å². The molecule has 0 fully saturated rings. The molecule has 5 heteroatoms. The Kier molecular flexibility index (Phi) is 2.98. The number of aromatic nitrogens is 2. The molecule has 0 radical (unpaired) electrons. The van der Waals surface area contributed by atoms with Gasteiger partial charge in [0, 0.05) is 16.8 Å². The number of hydrogen-bond acceptors (Lipinski definition) is 5. The van der Waals surface area contributed by atoms with Crippen molar-refractivity contribution in [2.45, 2.75) is 0 Å². The van der Waals surface area contributed by atoms with Crippen LogP contribution in [0.25, 0.3) is 33.6 Å². The van der Waals surface area contributed by atoms with E-state index in [0.29, 0.717) is 28.4 Å². The van der Waals surface area contributed by atoms with Crippen LogP contribution in [0.15, 0.2) is 65.3 Å². The first-order chi connectivity index (χ1) is 11.2. The first-order valence-corrected chi connectivity index (χ1v) is 7.18. The molecule has 0 aliphatic rings. The van der Waals surface area contributed by atoms with Crippen LogP contribution in [0.5, 0.6) is 0 Å². The van der Waals surface area contributed by atoms with Crippen molar-refractivity contribution in [2.75, 3.05) is 11.5 Å². The highest BCUT2D eigenvalue weighted by Crippen LogP contribution is 2.42. The molecule has 4 aromatic rings. The first kappa shape index (κ1) is 13.3. The number of fused-ring (bicyclic) bond motifs is 1. The fourth-order valence-corrected chi connectivity index (χ4v) is 2.72. The second kappa shape index (κ2) is 5.14. The molecule has 0 spiro atoms. The van der Waals surface area contributed by atoms with E-state index in [9.17, 15) is 0 Å². The van der Waals surface area contributed by atoms with E-state index in [4.69, 9.17) is 15.9 Å². The fraction of sp³-hybridized carbons (Fsp3) is 0. The van der Waals surface area contributed by atoms with Gasteiger partial charge in [-0.2, -0.15) is 0 Å². The third-order valence-corrected chi connectivity index (χ3v) is 3.73. The molecule has 4 rings (SSSR count). The van der Waals surface area contributed by atoms with Crippen molar-refractivity contribution in [3.8, 4) is 22.5 Å². The van der Waals surface area contributed by atoms with Gasteiger partial charge in [-0.25, -0.2) is 9.97 Å². The molecular weight excluding hydrogens is 288 g/mol. The summed E-state index contributed by atoms with van der Waals surface area (Å²) in [5.41, 5.74) is 15.9. The SMILES string of the molecule is Nc1cccc(-c2c(-c3ccccc3)oc3ncnc(N)c23)c1. The minimum Gasteiger partial charge on any atom is -0.437 e. The molecule has 2 aromatic heterocycles. The fourth-order valence-electron chi connectivity index (χ4n) is 2.72. The van der Waals surface area contributed by atoms with E-state index < -0.39 is 0 Å². The molecule has 0 saturated carbocycles.